The fourth-order valence-corrected chi connectivity index (χ4v) is 15.0. The molecule has 574 valence electrons. The molecule has 93 heavy (non-hydrogen) atoms. The van der Waals surface area contributed by atoms with Gasteiger partial charge in [0.05, 0.1) is 0 Å². The van der Waals surface area contributed by atoms with Crippen molar-refractivity contribution in [2.24, 2.45) is 92.7 Å². The van der Waals surface area contributed by atoms with E-state index >= 15 is 0 Å². The van der Waals surface area contributed by atoms with E-state index in [0.717, 1.165) is 71.0 Å². The summed E-state index contributed by atoms with van der Waals surface area (Å²) in [6.45, 7) is 83.8. The molecule has 0 aliphatic rings. The van der Waals surface area contributed by atoms with E-state index in [2.05, 4.69) is 249 Å². The molecule has 0 bridgehead atoms. The topological polar surface area (TPSA) is 0 Å². The minimum Gasteiger partial charge on any atom is -0.0654 e. The van der Waals surface area contributed by atoms with E-state index in [0.29, 0.717) is 21.7 Å². The second kappa shape index (κ2) is 74.7. The van der Waals surface area contributed by atoms with Gasteiger partial charge < -0.3 is 0 Å². The summed E-state index contributed by atoms with van der Waals surface area (Å²) in [4.78, 5) is 0. The second-order valence-corrected chi connectivity index (χ2v) is 36.0. The van der Waals surface area contributed by atoms with Gasteiger partial charge in [0, 0.05) is 0 Å². The van der Waals surface area contributed by atoms with E-state index in [4.69, 9.17) is 0 Å². The molecule has 0 aliphatic heterocycles. The molecule has 4 atom stereocenters. The SMILES string of the molecule is CCC(CC)C(C)C.CCCC(CC)(CC)CC(C)(C)C.CCCC(CCC)CC(C)(C)C.CCCCC(CC)C(C)C.CCCCC(CCC)C(C)C.CCCCC(CCCC)C(C)C.CCCCCC(CC)C(C)C.CCCCCCC(CCCC)CC(C)(C)C. The van der Waals surface area contributed by atoms with Crippen LogP contribution < -0.4 is 0 Å². The molecule has 0 amide bonds. The van der Waals surface area contributed by atoms with Crippen molar-refractivity contribution in [1.29, 1.82) is 0 Å². The molecule has 0 aromatic heterocycles. The summed E-state index contributed by atoms with van der Waals surface area (Å²) in [5, 5.41) is 0. The number of hydrogen-bond donors (Lipinski definition) is 0. The lowest BCUT2D eigenvalue weighted by Gasteiger charge is -2.37. The zero-order valence-corrected chi connectivity index (χ0v) is 73.9. The van der Waals surface area contributed by atoms with Crippen molar-refractivity contribution in [2.45, 2.75) is 513 Å². The van der Waals surface area contributed by atoms with Crippen LogP contribution in [-0.4, -0.2) is 0 Å². The summed E-state index contributed by atoms with van der Waals surface area (Å²) in [7, 11) is 0. The van der Waals surface area contributed by atoms with E-state index in [1.54, 1.807) is 0 Å². The van der Waals surface area contributed by atoms with Gasteiger partial charge in [-0.15, -0.1) is 0 Å². The third-order valence-electron chi connectivity index (χ3n) is 21.2. The van der Waals surface area contributed by atoms with Gasteiger partial charge in [-0.25, -0.2) is 0 Å². The lowest BCUT2D eigenvalue weighted by Crippen LogP contribution is -2.25. The van der Waals surface area contributed by atoms with Crippen molar-refractivity contribution in [2.75, 3.05) is 0 Å². The maximum atomic E-state index is 2.39. The Morgan fingerprint density at radius 3 is 0.720 bits per heavy atom. The average Bonchev–Trinajstić information content (AvgIpc) is 1.07. The van der Waals surface area contributed by atoms with Crippen molar-refractivity contribution in [3.63, 3.8) is 0 Å². The molecule has 0 nitrogen and oxygen atoms in total. The predicted molar refractivity (Wildman–Crippen MR) is 445 cm³/mol. The normalized spacial score (nSPS) is 13.2. The average molecular weight is 1320 g/mol. The molecule has 4 unspecified atom stereocenters. The van der Waals surface area contributed by atoms with Crippen molar-refractivity contribution >= 4 is 0 Å². The zero-order chi connectivity index (χ0) is 73.9. The molecule has 0 saturated heterocycles. The van der Waals surface area contributed by atoms with Crippen molar-refractivity contribution < 1.29 is 0 Å². The zero-order valence-electron chi connectivity index (χ0n) is 73.9. The van der Waals surface area contributed by atoms with Gasteiger partial charge in [0.15, 0.2) is 0 Å². The summed E-state index contributed by atoms with van der Waals surface area (Å²) in [5.41, 5.74) is 2.15. The molecule has 0 aromatic carbocycles. The van der Waals surface area contributed by atoms with E-state index in [1.807, 2.05) is 0 Å². The Balaban J connectivity index is -0.000000149. The van der Waals surface area contributed by atoms with Gasteiger partial charge in [-0.2, -0.15) is 0 Å². The van der Waals surface area contributed by atoms with Crippen LogP contribution in [0.2, 0.25) is 0 Å². The molecule has 0 heteroatoms. The first-order valence-corrected chi connectivity index (χ1v) is 43.5. The van der Waals surface area contributed by atoms with E-state index in [9.17, 15) is 0 Å². The lowest BCUT2D eigenvalue weighted by atomic mass is 9.68. The van der Waals surface area contributed by atoms with Crippen LogP contribution in [0.5, 0.6) is 0 Å². The van der Waals surface area contributed by atoms with E-state index in [1.165, 1.54) is 263 Å². The molecule has 0 rings (SSSR count). The first-order valence-electron chi connectivity index (χ1n) is 43.5. The van der Waals surface area contributed by atoms with Gasteiger partial charge in [-0.3, -0.25) is 0 Å². The van der Waals surface area contributed by atoms with Gasteiger partial charge in [0.25, 0.3) is 0 Å². The fourth-order valence-electron chi connectivity index (χ4n) is 15.0. The Labute approximate surface area is 601 Å². The Kier molecular flexibility index (Phi) is 87.5. The summed E-state index contributed by atoms with van der Waals surface area (Å²) in [6.07, 6.45) is 57.3. The van der Waals surface area contributed by atoms with Gasteiger partial charge >= 0.3 is 0 Å². The molecule has 0 aliphatic carbocycles. The molecule has 0 N–H and O–H groups in total. The largest absolute Gasteiger partial charge is 0.0654 e. The highest BCUT2D eigenvalue weighted by Gasteiger charge is 2.30. The van der Waals surface area contributed by atoms with Crippen LogP contribution in [0.25, 0.3) is 0 Å². The molecule has 0 radical (unpaired) electrons. The first kappa shape index (κ1) is 109. The molecular weight excluding hydrogens is 1120 g/mol. The maximum absolute atomic E-state index is 2.39. The molecular formula is C93H202. The second-order valence-electron chi connectivity index (χ2n) is 36.0. The molecule has 0 fully saturated rings. The third kappa shape index (κ3) is 84.3. The van der Waals surface area contributed by atoms with Crippen molar-refractivity contribution in [3.8, 4) is 0 Å². The minimum absolute atomic E-state index is 0.487. The number of unbranched alkanes of at least 4 members (excludes halogenated alkanes) is 10. The standard InChI is InChI=1S/C16H34.C13H28.2C12H26.2C11H24.C10H22.C8H18/c1-6-8-10-11-13-15(12-9-7-2)14-16(3,4)5;1-7-10-13(8-2,9-3)11-12(4,5)6;1-6-8-11(9-7-2)10-12(3,4)5;1-5-7-9-12(11(3)4)10-8-6-2;1-5-7-8-9-11(6-2)10(3)4;1-5-7-9-11(8-6-2)10(3)4;1-5-7-8-10(6-2)9(3)4;1-5-8(6-2)7(3)4/h15H,6-14H2,1-5H3;7-11H2,1-6H3;11H,6-10H2,1-5H3;11-12H,5-10H2,1-4H3;2*10-11H,5-9H2,1-4H3;9-10H,5-8H2,1-4H3;7-8H,5-6H2,1-4H3. The first-order chi connectivity index (χ1) is 43.5. The Bertz CT molecular complexity index is 1280. The highest BCUT2D eigenvalue weighted by Crippen LogP contribution is 2.43. The molecule has 0 heterocycles. The van der Waals surface area contributed by atoms with Crippen LogP contribution in [0.4, 0.5) is 0 Å². The Hall–Kier alpha value is 0. The highest BCUT2D eigenvalue weighted by molar-refractivity contribution is 4.82. The summed E-state index contributed by atoms with van der Waals surface area (Å²) in [6, 6.07) is 0. The summed E-state index contributed by atoms with van der Waals surface area (Å²) in [5.74, 6) is 11.3. The maximum Gasteiger partial charge on any atom is -0.0298 e. The van der Waals surface area contributed by atoms with Crippen LogP contribution in [0.15, 0.2) is 0 Å². The van der Waals surface area contributed by atoms with E-state index in [-0.39, 0.29) is 0 Å². The van der Waals surface area contributed by atoms with Crippen LogP contribution in [-0.2, 0) is 0 Å². The van der Waals surface area contributed by atoms with Crippen LogP contribution >= 0.6 is 0 Å². The Morgan fingerprint density at radius 1 is 0.215 bits per heavy atom. The van der Waals surface area contributed by atoms with Crippen molar-refractivity contribution in [3.05, 3.63) is 0 Å². The number of rotatable bonds is 46. The van der Waals surface area contributed by atoms with Crippen molar-refractivity contribution in [1.82, 2.24) is 0 Å². The van der Waals surface area contributed by atoms with Gasteiger partial charge in [0.2, 0.25) is 0 Å². The summed E-state index contributed by atoms with van der Waals surface area (Å²) >= 11 is 0. The third-order valence-corrected chi connectivity index (χ3v) is 21.2. The van der Waals surface area contributed by atoms with Gasteiger partial charge in [0.1, 0.15) is 0 Å². The van der Waals surface area contributed by atoms with E-state index < -0.39 is 0 Å². The Morgan fingerprint density at radius 2 is 0.473 bits per heavy atom. The highest BCUT2D eigenvalue weighted by atomic mass is 14.4. The quantitative estimate of drug-likeness (QED) is 0.0533. The minimum atomic E-state index is 0.487. The van der Waals surface area contributed by atoms with Crippen LogP contribution in [0.3, 0.4) is 0 Å². The van der Waals surface area contributed by atoms with Crippen LogP contribution in [0, 0.1) is 92.7 Å². The van der Waals surface area contributed by atoms with Gasteiger partial charge in [-0.1, -0.05) is 487 Å². The smallest absolute Gasteiger partial charge is 0.0298 e. The van der Waals surface area contributed by atoms with Crippen LogP contribution in [0.1, 0.15) is 513 Å². The number of hydrogen-bond acceptors (Lipinski definition) is 0. The van der Waals surface area contributed by atoms with Gasteiger partial charge in [-0.05, 0) is 118 Å². The summed E-state index contributed by atoms with van der Waals surface area (Å²) < 4.78 is 0. The predicted octanol–water partition coefficient (Wildman–Crippen LogP) is 35.9. The molecule has 0 spiro atoms. The lowest BCUT2D eigenvalue weighted by molar-refractivity contribution is 0.141. The monoisotopic (exact) mass is 1320 g/mol. The fraction of sp³-hybridized carbons (Fsp3) is 1.00. The molecule has 0 aromatic rings. The molecule has 0 saturated carbocycles.